The van der Waals surface area contributed by atoms with E-state index in [1.54, 1.807) is 0 Å². The molecule has 0 radical (unpaired) electrons. The van der Waals surface area contributed by atoms with E-state index in [-0.39, 0.29) is 5.41 Å². The summed E-state index contributed by atoms with van der Waals surface area (Å²) in [6, 6.07) is 1.32. The summed E-state index contributed by atoms with van der Waals surface area (Å²) >= 11 is 0. The van der Waals surface area contributed by atoms with Crippen molar-refractivity contribution < 1.29 is 5.11 Å². The molecule has 0 atom stereocenters. The maximum Gasteiger partial charge on any atom is 0.0499 e. The predicted molar refractivity (Wildman–Crippen MR) is 77.8 cm³/mol. The van der Waals surface area contributed by atoms with E-state index in [0.29, 0.717) is 18.7 Å². The van der Waals surface area contributed by atoms with E-state index in [2.05, 4.69) is 37.9 Å². The molecule has 1 heterocycles. The SMILES string of the molecule is CCC(CC)(CO)CNC1CCN(C(C)C)CC1. The maximum atomic E-state index is 9.57. The number of piperidine rings is 1. The molecule has 0 unspecified atom stereocenters. The Labute approximate surface area is 113 Å². The van der Waals surface area contributed by atoms with Crippen molar-refractivity contribution in [2.75, 3.05) is 26.2 Å². The monoisotopic (exact) mass is 256 g/mol. The average Bonchev–Trinajstić information content (AvgIpc) is 2.41. The van der Waals surface area contributed by atoms with Crippen molar-refractivity contribution in [2.45, 2.75) is 65.5 Å². The summed E-state index contributed by atoms with van der Waals surface area (Å²) in [7, 11) is 0. The van der Waals surface area contributed by atoms with Gasteiger partial charge in [0.2, 0.25) is 0 Å². The Kier molecular flexibility index (Phi) is 6.61. The number of rotatable bonds is 7. The Balaban J connectivity index is 2.33. The lowest BCUT2D eigenvalue weighted by Gasteiger charge is -2.37. The minimum absolute atomic E-state index is 0.0924. The topological polar surface area (TPSA) is 35.5 Å². The van der Waals surface area contributed by atoms with Crippen molar-refractivity contribution in [1.29, 1.82) is 0 Å². The second-order valence-electron chi connectivity index (χ2n) is 6.15. The molecule has 3 heteroatoms. The summed E-state index contributed by atoms with van der Waals surface area (Å²) in [5.74, 6) is 0. The molecule has 0 aromatic rings. The normalized spacial score (nSPS) is 19.7. The first-order chi connectivity index (χ1) is 8.56. The number of nitrogens with zero attached hydrogens (tertiary/aromatic N) is 1. The van der Waals surface area contributed by atoms with Gasteiger partial charge in [0.25, 0.3) is 0 Å². The first-order valence-corrected chi connectivity index (χ1v) is 7.65. The van der Waals surface area contributed by atoms with Crippen LogP contribution in [0.15, 0.2) is 0 Å². The molecule has 0 amide bonds. The van der Waals surface area contributed by atoms with Crippen LogP contribution >= 0.6 is 0 Å². The van der Waals surface area contributed by atoms with E-state index >= 15 is 0 Å². The van der Waals surface area contributed by atoms with Crippen molar-refractivity contribution >= 4 is 0 Å². The Morgan fingerprint density at radius 1 is 1.22 bits per heavy atom. The van der Waals surface area contributed by atoms with E-state index < -0.39 is 0 Å². The zero-order valence-corrected chi connectivity index (χ0v) is 12.7. The van der Waals surface area contributed by atoms with Gasteiger partial charge >= 0.3 is 0 Å². The molecule has 108 valence electrons. The average molecular weight is 256 g/mol. The predicted octanol–water partition coefficient (Wildman–Crippen LogP) is 2.25. The van der Waals surface area contributed by atoms with E-state index in [1.807, 2.05) is 0 Å². The van der Waals surface area contributed by atoms with Crippen LogP contribution in [0, 0.1) is 5.41 Å². The fourth-order valence-electron chi connectivity index (χ4n) is 2.76. The zero-order chi connectivity index (χ0) is 13.6. The molecular weight excluding hydrogens is 224 g/mol. The summed E-state index contributed by atoms with van der Waals surface area (Å²) in [6.07, 6.45) is 4.59. The lowest BCUT2D eigenvalue weighted by Crippen LogP contribution is -2.48. The van der Waals surface area contributed by atoms with Crippen molar-refractivity contribution in [3.8, 4) is 0 Å². The quantitative estimate of drug-likeness (QED) is 0.733. The van der Waals surface area contributed by atoms with Gasteiger partial charge in [-0.15, -0.1) is 0 Å². The van der Waals surface area contributed by atoms with E-state index in [1.165, 1.54) is 25.9 Å². The minimum Gasteiger partial charge on any atom is -0.396 e. The molecule has 1 rings (SSSR count). The highest BCUT2D eigenvalue weighted by molar-refractivity contribution is 4.84. The molecule has 0 aliphatic carbocycles. The third-order valence-electron chi connectivity index (χ3n) is 4.86. The van der Waals surface area contributed by atoms with Crippen molar-refractivity contribution in [2.24, 2.45) is 5.41 Å². The summed E-state index contributed by atoms with van der Waals surface area (Å²) in [5.41, 5.74) is 0.0924. The standard InChI is InChI=1S/C15H32N2O/c1-5-15(6-2,12-18)11-16-14-7-9-17(10-8-14)13(3)4/h13-14,16,18H,5-12H2,1-4H3. The number of hydrogen-bond donors (Lipinski definition) is 2. The number of likely N-dealkylation sites (tertiary alicyclic amines) is 1. The Morgan fingerprint density at radius 2 is 1.78 bits per heavy atom. The minimum atomic E-state index is 0.0924. The van der Waals surface area contributed by atoms with Crippen LogP contribution in [0.2, 0.25) is 0 Å². The number of hydrogen-bond acceptors (Lipinski definition) is 3. The molecular formula is C15H32N2O. The number of nitrogens with one attached hydrogen (secondary N) is 1. The summed E-state index contributed by atoms with van der Waals surface area (Å²) < 4.78 is 0. The van der Waals surface area contributed by atoms with Gasteiger partial charge in [0.05, 0.1) is 0 Å². The molecule has 0 saturated carbocycles. The van der Waals surface area contributed by atoms with Crippen molar-refractivity contribution in [3.63, 3.8) is 0 Å². The molecule has 0 spiro atoms. The third-order valence-corrected chi connectivity index (χ3v) is 4.86. The number of aliphatic hydroxyl groups excluding tert-OH is 1. The molecule has 0 aromatic carbocycles. The largest absolute Gasteiger partial charge is 0.396 e. The Morgan fingerprint density at radius 3 is 2.17 bits per heavy atom. The van der Waals surface area contributed by atoms with Gasteiger partial charge < -0.3 is 15.3 Å². The Bertz CT molecular complexity index is 210. The number of aliphatic hydroxyl groups is 1. The van der Waals surface area contributed by atoms with Crippen LogP contribution in [0.25, 0.3) is 0 Å². The van der Waals surface area contributed by atoms with Crippen LogP contribution in [0.1, 0.15) is 53.4 Å². The highest BCUT2D eigenvalue weighted by Crippen LogP contribution is 2.25. The molecule has 3 nitrogen and oxygen atoms in total. The zero-order valence-electron chi connectivity index (χ0n) is 12.7. The first-order valence-electron chi connectivity index (χ1n) is 7.65. The summed E-state index contributed by atoms with van der Waals surface area (Å²) in [4.78, 5) is 2.55. The summed E-state index contributed by atoms with van der Waals surface area (Å²) in [5, 5.41) is 13.3. The van der Waals surface area contributed by atoms with Gasteiger partial charge in [-0.1, -0.05) is 13.8 Å². The van der Waals surface area contributed by atoms with Gasteiger partial charge in [0.15, 0.2) is 0 Å². The first kappa shape index (κ1) is 15.9. The van der Waals surface area contributed by atoms with Gasteiger partial charge in [-0.2, -0.15) is 0 Å². The van der Waals surface area contributed by atoms with Gasteiger partial charge in [0, 0.05) is 30.7 Å². The van der Waals surface area contributed by atoms with E-state index in [4.69, 9.17) is 0 Å². The second kappa shape index (κ2) is 7.46. The maximum absolute atomic E-state index is 9.57. The van der Waals surface area contributed by atoms with Gasteiger partial charge in [-0.3, -0.25) is 0 Å². The molecule has 0 aromatic heterocycles. The lowest BCUT2D eigenvalue weighted by molar-refractivity contribution is 0.0996. The van der Waals surface area contributed by atoms with Crippen LogP contribution in [-0.2, 0) is 0 Å². The molecule has 1 saturated heterocycles. The Hall–Kier alpha value is -0.120. The molecule has 1 aliphatic rings. The van der Waals surface area contributed by atoms with Gasteiger partial charge in [-0.25, -0.2) is 0 Å². The fourth-order valence-corrected chi connectivity index (χ4v) is 2.76. The highest BCUT2D eigenvalue weighted by Gasteiger charge is 2.27. The van der Waals surface area contributed by atoms with Crippen LogP contribution < -0.4 is 5.32 Å². The van der Waals surface area contributed by atoms with Crippen LogP contribution in [-0.4, -0.2) is 48.3 Å². The fraction of sp³-hybridized carbons (Fsp3) is 1.00. The van der Waals surface area contributed by atoms with Gasteiger partial charge in [0.1, 0.15) is 0 Å². The smallest absolute Gasteiger partial charge is 0.0499 e. The summed E-state index contributed by atoms with van der Waals surface area (Å²) in [6.45, 7) is 12.6. The third kappa shape index (κ3) is 4.22. The second-order valence-corrected chi connectivity index (χ2v) is 6.15. The molecule has 2 N–H and O–H groups in total. The van der Waals surface area contributed by atoms with Gasteiger partial charge in [-0.05, 0) is 52.6 Å². The van der Waals surface area contributed by atoms with E-state index in [9.17, 15) is 5.11 Å². The highest BCUT2D eigenvalue weighted by atomic mass is 16.3. The van der Waals surface area contributed by atoms with Crippen LogP contribution in [0.3, 0.4) is 0 Å². The van der Waals surface area contributed by atoms with Crippen molar-refractivity contribution in [3.05, 3.63) is 0 Å². The van der Waals surface area contributed by atoms with Crippen LogP contribution in [0.5, 0.6) is 0 Å². The van der Waals surface area contributed by atoms with E-state index in [0.717, 1.165) is 19.4 Å². The molecule has 18 heavy (non-hydrogen) atoms. The van der Waals surface area contributed by atoms with Crippen LogP contribution in [0.4, 0.5) is 0 Å². The molecule has 1 fully saturated rings. The van der Waals surface area contributed by atoms with Crippen molar-refractivity contribution in [1.82, 2.24) is 10.2 Å². The molecule has 1 aliphatic heterocycles. The lowest BCUT2D eigenvalue weighted by atomic mass is 9.83. The molecule has 0 bridgehead atoms.